The van der Waals surface area contributed by atoms with E-state index in [9.17, 15) is 9.90 Å². The van der Waals surface area contributed by atoms with Crippen LogP contribution in [-0.2, 0) is 10.3 Å². The fraction of sp³-hybridized carbons (Fsp3) is 0.235. The minimum Gasteiger partial charge on any atom is -0.479 e. The van der Waals surface area contributed by atoms with Gasteiger partial charge in [0.05, 0.1) is 0 Å². The Balaban J connectivity index is 2.50. The van der Waals surface area contributed by atoms with Gasteiger partial charge in [-0.05, 0) is 42.7 Å². The van der Waals surface area contributed by atoms with Gasteiger partial charge in [0.1, 0.15) is 0 Å². The van der Waals surface area contributed by atoms with E-state index < -0.39 is 11.5 Å². The van der Waals surface area contributed by atoms with Gasteiger partial charge in [0.15, 0.2) is 5.54 Å². The number of rotatable bonds is 5. The van der Waals surface area contributed by atoms with Crippen LogP contribution in [0.4, 0.5) is 5.69 Å². The van der Waals surface area contributed by atoms with Crippen LogP contribution in [0.15, 0.2) is 48.5 Å². The van der Waals surface area contributed by atoms with Gasteiger partial charge in [0, 0.05) is 10.7 Å². The Morgan fingerprint density at radius 1 is 1.19 bits per heavy atom. The number of carboxylic acid groups (broad SMARTS) is 1. The summed E-state index contributed by atoms with van der Waals surface area (Å²) in [7, 11) is 0. The van der Waals surface area contributed by atoms with Crippen LogP contribution < -0.4 is 5.32 Å². The summed E-state index contributed by atoms with van der Waals surface area (Å²) in [5, 5.41) is 13.6. The molecule has 0 aliphatic carbocycles. The normalized spacial score (nSPS) is 13.5. The van der Waals surface area contributed by atoms with Gasteiger partial charge in [-0.2, -0.15) is 0 Å². The lowest BCUT2D eigenvalue weighted by Gasteiger charge is -2.31. The summed E-state index contributed by atoms with van der Waals surface area (Å²) in [5.74, 6) is -0.907. The standard InChI is InChI=1S/C17H18ClNO2/c1-3-17(16(20)21,13-8-10-14(18)11-9-13)19-15-7-5-4-6-12(15)2/h4-11,19H,3H2,1-2H3,(H,20,21). The minimum absolute atomic E-state index is 0.415. The summed E-state index contributed by atoms with van der Waals surface area (Å²) in [4.78, 5) is 12.0. The largest absolute Gasteiger partial charge is 0.479 e. The van der Waals surface area contributed by atoms with Crippen molar-refractivity contribution in [3.05, 3.63) is 64.7 Å². The third-order valence-electron chi connectivity index (χ3n) is 3.73. The molecule has 4 heteroatoms. The number of carbonyl (C=O) groups is 1. The molecule has 0 saturated heterocycles. The van der Waals surface area contributed by atoms with Crippen LogP contribution in [0.25, 0.3) is 0 Å². The van der Waals surface area contributed by atoms with E-state index in [0.29, 0.717) is 17.0 Å². The first-order valence-corrected chi connectivity index (χ1v) is 7.20. The van der Waals surface area contributed by atoms with Gasteiger partial charge in [0.2, 0.25) is 0 Å². The molecule has 0 bridgehead atoms. The number of nitrogens with one attached hydrogen (secondary N) is 1. The summed E-state index contributed by atoms with van der Waals surface area (Å²) in [5.41, 5.74) is 1.34. The Hall–Kier alpha value is -2.00. The van der Waals surface area contributed by atoms with E-state index in [1.165, 1.54) is 0 Å². The molecule has 2 rings (SSSR count). The highest BCUT2D eigenvalue weighted by Crippen LogP contribution is 2.32. The average molecular weight is 304 g/mol. The number of hydrogen-bond donors (Lipinski definition) is 2. The van der Waals surface area contributed by atoms with Crippen molar-refractivity contribution in [1.29, 1.82) is 0 Å². The molecule has 2 aromatic rings. The summed E-state index contributed by atoms with van der Waals surface area (Å²) in [6.07, 6.45) is 0.415. The Labute approximate surface area is 129 Å². The summed E-state index contributed by atoms with van der Waals surface area (Å²) in [6.45, 7) is 3.81. The number of aryl methyl sites for hydroxylation is 1. The monoisotopic (exact) mass is 303 g/mol. The zero-order valence-electron chi connectivity index (χ0n) is 12.1. The Kier molecular flexibility index (Phi) is 4.53. The maximum absolute atomic E-state index is 12.0. The van der Waals surface area contributed by atoms with Crippen LogP contribution in [0.2, 0.25) is 5.02 Å². The fourth-order valence-electron chi connectivity index (χ4n) is 2.37. The molecule has 0 heterocycles. The van der Waals surface area contributed by atoms with Crippen LogP contribution in [-0.4, -0.2) is 11.1 Å². The van der Waals surface area contributed by atoms with Gasteiger partial charge in [-0.3, -0.25) is 0 Å². The molecule has 0 amide bonds. The van der Waals surface area contributed by atoms with Crippen molar-refractivity contribution < 1.29 is 9.90 Å². The van der Waals surface area contributed by atoms with Gasteiger partial charge in [0.25, 0.3) is 0 Å². The third-order valence-corrected chi connectivity index (χ3v) is 3.98. The summed E-state index contributed by atoms with van der Waals surface area (Å²) >= 11 is 5.90. The van der Waals surface area contributed by atoms with Gasteiger partial charge in [-0.1, -0.05) is 48.9 Å². The zero-order chi connectivity index (χ0) is 15.5. The smallest absolute Gasteiger partial charge is 0.334 e. The Morgan fingerprint density at radius 2 is 1.81 bits per heavy atom. The van der Waals surface area contributed by atoms with Crippen molar-refractivity contribution in [3.8, 4) is 0 Å². The highest BCUT2D eigenvalue weighted by atomic mass is 35.5. The molecular formula is C17H18ClNO2. The predicted molar refractivity (Wildman–Crippen MR) is 85.9 cm³/mol. The minimum atomic E-state index is -1.17. The number of carboxylic acids is 1. The second-order valence-corrected chi connectivity index (χ2v) is 5.45. The van der Waals surface area contributed by atoms with E-state index in [4.69, 9.17) is 11.6 Å². The van der Waals surface area contributed by atoms with Crippen LogP contribution in [0, 0.1) is 6.92 Å². The first-order valence-electron chi connectivity index (χ1n) is 6.83. The second kappa shape index (κ2) is 6.19. The maximum Gasteiger partial charge on any atom is 0.334 e. The molecule has 1 atom stereocenters. The number of benzene rings is 2. The number of anilines is 1. The van der Waals surface area contributed by atoms with Crippen molar-refractivity contribution >= 4 is 23.3 Å². The number of hydrogen-bond acceptors (Lipinski definition) is 2. The molecule has 2 N–H and O–H groups in total. The van der Waals surface area contributed by atoms with Crippen LogP contribution in [0.5, 0.6) is 0 Å². The zero-order valence-corrected chi connectivity index (χ0v) is 12.8. The van der Waals surface area contributed by atoms with E-state index in [1.807, 2.05) is 38.1 Å². The van der Waals surface area contributed by atoms with Crippen molar-refractivity contribution in [2.75, 3.05) is 5.32 Å². The number of para-hydroxylation sites is 1. The summed E-state index contributed by atoms with van der Waals surface area (Å²) < 4.78 is 0. The molecule has 0 saturated carbocycles. The summed E-state index contributed by atoms with van der Waals surface area (Å²) in [6, 6.07) is 14.6. The lowest BCUT2D eigenvalue weighted by Crippen LogP contribution is -2.43. The third kappa shape index (κ3) is 3.03. The Morgan fingerprint density at radius 3 is 2.33 bits per heavy atom. The molecule has 0 aliphatic heterocycles. The van der Waals surface area contributed by atoms with E-state index in [0.717, 1.165) is 11.3 Å². The van der Waals surface area contributed by atoms with Crippen molar-refractivity contribution in [2.24, 2.45) is 0 Å². The van der Waals surface area contributed by atoms with E-state index in [1.54, 1.807) is 24.3 Å². The molecule has 0 aromatic heterocycles. The highest BCUT2D eigenvalue weighted by molar-refractivity contribution is 6.30. The molecule has 110 valence electrons. The van der Waals surface area contributed by atoms with Crippen LogP contribution in [0.3, 0.4) is 0 Å². The van der Waals surface area contributed by atoms with Crippen LogP contribution >= 0.6 is 11.6 Å². The molecule has 0 radical (unpaired) electrons. The fourth-order valence-corrected chi connectivity index (χ4v) is 2.50. The van der Waals surface area contributed by atoms with Gasteiger partial charge in [-0.25, -0.2) is 4.79 Å². The lowest BCUT2D eigenvalue weighted by molar-refractivity contribution is -0.142. The van der Waals surface area contributed by atoms with Gasteiger partial charge < -0.3 is 10.4 Å². The Bertz CT molecular complexity index is 639. The highest BCUT2D eigenvalue weighted by Gasteiger charge is 2.38. The average Bonchev–Trinajstić information content (AvgIpc) is 2.47. The van der Waals surface area contributed by atoms with E-state index >= 15 is 0 Å². The molecule has 21 heavy (non-hydrogen) atoms. The molecule has 2 aromatic carbocycles. The topological polar surface area (TPSA) is 49.3 Å². The SMILES string of the molecule is CCC(Nc1ccccc1C)(C(=O)O)c1ccc(Cl)cc1. The van der Waals surface area contributed by atoms with Crippen molar-refractivity contribution in [2.45, 2.75) is 25.8 Å². The predicted octanol–water partition coefficient (Wildman–Crippen LogP) is 4.45. The first kappa shape index (κ1) is 15.4. The quantitative estimate of drug-likeness (QED) is 0.858. The first-order chi connectivity index (χ1) is 9.99. The molecular weight excluding hydrogens is 286 g/mol. The van der Waals surface area contributed by atoms with E-state index in [2.05, 4.69) is 5.32 Å². The molecule has 1 unspecified atom stereocenters. The van der Waals surface area contributed by atoms with Gasteiger partial charge in [-0.15, -0.1) is 0 Å². The molecule has 3 nitrogen and oxygen atoms in total. The van der Waals surface area contributed by atoms with Crippen LogP contribution in [0.1, 0.15) is 24.5 Å². The maximum atomic E-state index is 12.0. The van der Waals surface area contributed by atoms with Crippen molar-refractivity contribution in [3.63, 3.8) is 0 Å². The molecule has 0 aliphatic rings. The second-order valence-electron chi connectivity index (χ2n) is 5.01. The van der Waals surface area contributed by atoms with Gasteiger partial charge >= 0.3 is 5.97 Å². The number of aliphatic carboxylic acids is 1. The van der Waals surface area contributed by atoms with Crippen molar-refractivity contribution in [1.82, 2.24) is 0 Å². The van der Waals surface area contributed by atoms with E-state index in [-0.39, 0.29) is 0 Å². The number of halogens is 1. The lowest BCUT2D eigenvalue weighted by atomic mass is 9.86. The molecule has 0 spiro atoms. The molecule has 0 fully saturated rings.